The number of amides is 2. The molecule has 0 saturated heterocycles. The number of anilines is 1. The van der Waals surface area contributed by atoms with Crippen LogP contribution in [0.15, 0.2) is 76.3 Å². The molecule has 0 bridgehead atoms. The number of benzene rings is 2. The normalized spacial score (nSPS) is 10.7. The van der Waals surface area contributed by atoms with Gasteiger partial charge in [0.1, 0.15) is 0 Å². The highest BCUT2D eigenvalue weighted by Gasteiger charge is 2.09. The molecule has 0 unspecified atom stereocenters. The monoisotopic (exact) mass is 575 g/mol. The maximum atomic E-state index is 12.1. The van der Waals surface area contributed by atoms with E-state index in [1.165, 1.54) is 6.26 Å². The smallest absolute Gasteiger partial charge is 0.291 e. The number of hydrogen-bond donors (Lipinski definition) is 3. The molecule has 3 rings (SSSR count). The fourth-order valence-electron chi connectivity index (χ4n) is 3.16. The molecule has 0 spiro atoms. The summed E-state index contributed by atoms with van der Waals surface area (Å²) in [4.78, 5) is 30.0. The molecule has 2 aromatic carbocycles. The molecule has 0 atom stereocenters. The summed E-state index contributed by atoms with van der Waals surface area (Å²) in [6.07, 6.45) is 2.23. The van der Waals surface area contributed by atoms with Gasteiger partial charge in [-0.05, 0) is 53.9 Å². The van der Waals surface area contributed by atoms with E-state index >= 15 is 0 Å². The van der Waals surface area contributed by atoms with Gasteiger partial charge in [-0.3, -0.25) is 14.6 Å². The molecule has 9 heteroatoms. The first-order valence-electron chi connectivity index (χ1n) is 10.6. The number of carbonyl (C=O) groups is 2. The van der Waals surface area contributed by atoms with Crippen molar-refractivity contribution in [3.8, 4) is 0 Å². The molecule has 180 valence electrons. The summed E-state index contributed by atoms with van der Waals surface area (Å²) < 4.78 is 5.10. The van der Waals surface area contributed by atoms with Crippen molar-refractivity contribution in [3.63, 3.8) is 0 Å². The average Bonchev–Trinajstić information content (AvgIpc) is 3.37. The fourth-order valence-corrected chi connectivity index (χ4v) is 3.16. The van der Waals surface area contributed by atoms with Gasteiger partial charge in [0.25, 0.3) is 11.8 Å². The second-order valence-corrected chi connectivity index (χ2v) is 7.63. The zero-order valence-corrected chi connectivity index (χ0v) is 21.8. The minimum atomic E-state index is -0.285. The van der Waals surface area contributed by atoms with E-state index in [-0.39, 0.29) is 41.6 Å². The standard InChI is InChI=1S/C25H29N5O3.HI/c1-26-25(27-14-13-18-6-4-7-20(16-18)24(32)30(2)3)28-17-19-9-11-21(12-10-19)29-23(31)22-8-5-15-33-22;/h4-12,15-16H,13-14,17H2,1-3H3,(H,29,31)(H2,26,27,28);1H. The van der Waals surface area contributed by atoms with Gasteiger partial charge in [-0.1, -0.05) is 24.3 Å². The van der Waals surface area contributed by atoms with Crippen LogP contribution in [0.1, 0.15) is 32.0 Å². The summed E-state index contributed by atoms with van der Waals surface area (Å²) in [6, 6.07) is 18.5. The Balaban J connectivity index is 0.00000408. The van der Waals surface area contributed by atoms with Gasteiger partial charge in [0.05, 0.1) is 6.26 Å². The summed E-state index contributed by atoms with van der Waals surface area (Å²) in [5.41, 5.74) is 3.50. The summed E-state index contributed by atoms with van der Waals surface area (Å²) in [6.45, 7) is 1.26. The van der Waals surface area contributed by atoms with E-state index < -0.39 is 0 Å². The number of halogens is 1. The summed E-state index contributed by atoms with van der Waals surface area (Å²) >= 11 is 0. The highest BCUT2D eigenvalue weighted by atomic mass is 127. The van der Waals surface area contributed by atoms with Crippen molar-refractivity contribution in [2.24, 2.45) is 4.99 Å². The van der Waals surface area contributed by atoms with E-state index in [0.29, 0.717) is 30.3 Å². The van der Waals surface area contributed by atoms with Crippen molar-refractivity contribution in [2.45, 2.75) is 13.0 Å². The van der Waals surface area contributed by atoms with Crippen LogP contribution in [0.25, 0.3) is 0 Å². The Hall–Kier alpha value is -3.34. The molecule has 0 fully saturated rings. The Labute approximate surface area is 216 Å². The maximum Gasteiger partial charge on any atom is 0.291 e. The Morgan fingerprint density at radius 1 is 0.971 bits per heavy atom. The van der Waals surface area contributed by atoms with E-state index in [1.54, 1.807) is 38.2 Å². The highest BCUT2D eigenvalue weighted by molar-refractivity contribution is 14.0. The first-order chi connectivity index (χ1) is 16.0. The Kier molecular flexibility index (Phi) is 10.6. The maximum absolute atomic E-state index is 12.1. The molecule has 1 heterocycles. The average molecular weight is 575 g/mol. The van der Waals surface area contributed by atoms with E-state index in [9.17, 15) is 9.59 Å². The van der Waals surface area contributed by atoms with Crippen molar-refractivity contribution in [1.82, 2.24) is 15.5 Å². The van der Waals surface area contributed by atoms with Crippen LogP contribution in [-0.2, 0) is 13.0 Å². The second-order valence-electron chi connectivity index (χ2n) is 7.63. The van der Waals surface area contributed by atoms with Gasteiger partial charge in [-0.2, -0.15) is 0 Å². The number of furan rings is 1. The van der Waals surface area contributed by atoms with Crippen molar-refractivity contribution in [3.05, 3.63) is 89.4 Å². The van der Waals surface area contributed by atoms with Crippen LogP contribution in [0, 0.1) is 0 Å². The lowest BCUT2D eigenvalue weighted by Crippen LogP contribution is -2.37. The quantitative estimate of drug-likeness (QED) is 0.216. The lowest BCUT2D eigenvalue weighted by atomic mass is 10.1. The Bertz CT molecular complexity index is 1100. The number of nitrogens with one attached hydrogen (secondary N) is 3. The molecule has 3 aromatic rings. The van der Waals surface area contributed by atoms with Crippen LogP contribution >= 0.6 is 24.0 Å². The molecular formula is C25H30IN5O3. The number of nitrogens with zero attached hydrogens (tertiary/aromatic N) is 2. The molecule has 0 aliphatic heterocycles. The van der Waals surface area contributed by atoms with Crippen LogP contribution in [0.4, 0.5) is 5.69 Å². The number of rotatable bonds is 8. The predicted molar refractivity (Wildman–Crippen MR) is 145 cm³/mol. The van der Waals surface area contributed by atoms with Gasteiger partial charge in [0.15, 0.2) is 11.7 Å². The van der Waals surface area contributed by atoms with E-state index in [2.05, 4.69) is 20.9 Å². The zero-order chi connectivity index (χ0) is 23.6. The van der Waals surface area contributed by atoms with E-state index in [4.69, 9.17) is 4.42 Å². The van der Waals surface area contributed by atoms with Crippen LogP contribution in [0.5, 0.6) is 0 Å². The Morgan fingerprint density at radius 2 is 1.74 bits per heavy atom. The number of hydrogen-bond acceptors (Lipinski definition) is 4. The minimum absolute atomic E-state index is 0. The molecular weight excluding hydrogens is 545 g/mol. The predicted octanol–water partition coefficient (Wildman–Crippen LogP) is 3.76. The number of guanidine groups is 1. The van der Waals surface area contributed by atoms with Gasteiger partial charge in [-0.25, -0.2) is 0 Å². The molecule has 0 radical (unpaired) electrons. The molecule has 34 heavy (non-hydrogen) atoms. The van der Waals surface area contributed by atoms with Crippen molar-refractivity contribution < 1.29 is 14.0 Å². The van der Waals surface area contributed by atoms with Gasteiger partial charge >= 0.3 is 0 Å². The lowest BCUT2D eigenvalue weighted by Gasteiger charge is -2.13. The molecule has 2 amide bonds. The number of carbonyl (C=O) groups excluding carboxylic acids is 2. The van der Waals surface area contributed by atoms with E-state index in [0.717, 1.165) is 17.5 Å². The minimum Gasteiger partial charge on any atom is -0.459 e. The summed E-state index contributed by atoms with van der Waals surface area (Å²) in [7, 11) is 5.21. The highest BCUT2D eigenvalue weighted by Crippen LogP contribution is 2.12. The van der Waals surface area contributed by atoms with Crippen LogP contribution in [-0.4, -0.2) is 50.4 Å². The number of aliphatic imine (C=N–C) groups is 1. The van der Waals surface area contributed by atoms with Crippen LogP contribution < -0.4 is 16.0 Å². The third-order valence-electron chi connectivity index (χ3n) is 4.93. The summed E-state index contributed by atoms with van der Waals surface area (Å²) in [5, 5.41) is 9.36. The first-order valence-corrected chi connectivity index (χ1v) is 10.6. The van der Waals surface area contributed by atoms with Crippen molar-refractivity contribution in [1.29, 1.82) is 0 Å². The zero-order valence-electron chi connectivity index (χ0n) is 19.5. The lowest BCUT2D eigenvalue weighted by molar-refractivity contribution is 0.0827. The van der Waals surface area contributed by atoms with Gasteiger partial charge in [0.2, 0.25) is 0 Å². The molecule has 0 saturated carbocycles. The summed E-state index contributed by atoms with van der Waals surface area (Å²) in [5.74, 6) is 0.665. The molecule has 0 aliphatic rings. The molecule has 8 nitrogen and oxygen atoms in total. The van der Waals surface area contributed by atoms with Crippen LogP contribution in [0.2, 0.25) is 0 Å². The third-order valence-corrected chi connectivity index (χ3v) is 4.93. The van der Waals surface area contributed by atoms with Crippen molar-refractivity contribution >= 4 is 47.4 Å². The van der Waals surface area contributed by atoms with Gasteiger partial charge < -0.3 is 25.3 Å². The van der Waals surface area contributed by atoms with Crippen LogP contribution in [0.3, 0.4) is 0 Å². The van der Waals surface area contributed by atoms with Crippen molar-refractivity contribution in [2.75, 3.05) is 33.0 Å². The molecule has 0 aliphatic carbocycles. The van der Waals surface area contributed by atoms with Gasteiger partial charge in [-0.15, -0.1) is 24.0 Å². The molecule has 3 N–H and O–H groups in total. The molecule has 1 aromatic heterocycles. The van der Waals surface area contributed by atoms with E-state index in [1.807, 2.05) is 48.5 Å². The fraction of sp³-hybridized carbons (Fsp3) is 0.240. The Morgan fingerprint density at radius 3 is 2.38 bits per heavy atom. The SMILES string of the molecule is CN=C(NCCc1cccc(C(=O)N(C)C)c1)NCc1ccc(NC(=O)c2ccco2)cc1.I. The third kappa shape index (κ3) is 7.91. The second kappa shape index (κ2) is 13.4. The first kappa shape index (κ1) is 26.9. The topological polar surface area (TPSA) is 99.0 Å². The van der Waals surface area contributed by atoms with Gasteiger partial charge in [0, 0.05) is 45.5 Å². The largest absolute Gasteiger partial charge is 0.459 e.